The first kappa shape index (κ1) is 30.9. The van der Waals surface area contributed by atoms with Crippen LogP contribution in [0.5, 0.6) is 0 Å². The number of nitrogens with zero attached hydrogens (tertiary/aromatic N) is 5. The van der Waals surface area contributed by atoms with Gasteiger partial charge < -0.3 is 34.2 Å². The highest BCUT2D eigenvalue weighted by Crippen LogP contribution is 2.34. The summed E-state index contributed by atoms with van der Waals surface area (Å²) in [7, 11) is 0. The minimum atomic E-state index is -1.63. The highest BCUT2D eigenvalue weighted by atomic mass is 19.2. The van der Waals surface area contributed by atoms with Crippen molar-refractivity contribution < 1.29 is 47.3 Å². The number of benzene rings is 1. The Hall–Kier alpha value is -3.53. The summed E-state index contributed by atoms with van der Waals surface area (Å²) in [5.41, 5.74) is -0.309. The first-order valence-corrected chi connectivity index (χ1v) is 14.0. The van der Waals surface area contributed by atoms with Crippen LogP contribution in [-0.4, -0.2) is 96.2 Å². The van der Waals surface area contributed by atoms with Gasteiger partial charge in [0.25, 0.3) is 0 Å². The van der Waals surface area contributed by atoms with Gasteiger partial charge in [-0.05, 0) is 45.7 Å². The van der Waals surface area contributed by atoms with Crippen molar-refractivity contribution in [3.63, 3.8) is 0 Å². The van der Waals surface area contributed by atoms with Gasteiger partial charge in [0.05, 0.1) is 24.6 Å². The number of piperidine rings is 1. The van der Waals surface area contributed by atoms with Crippen LogP contribution in [-0.2, 0) is 15.9 Å². The summed E-state index contributed by atoms with van der Waals surface area (Å²) in [6, 6.07) is 2.06. The molecule has 0 spiro atoms. The standard InChI is InChI=1S/C28H34F3N5O7/c1-28(2,3)42-27(40)35-6-4-5-14(11-35)20-9-16(33-43-20)10-21-25(38)24(26(39)22(13-37)41-21)36-12-19(32-34-36)15-7-17(29)23(31)18(30)8-15/h7-9,12,14,21-22,24-26,37-39H,4-6,10-11,13H2,1-3H3/t14?,21-,22-,24-,25+,26+/m1/s1. The summed E-state index contributed by atoms with van der Waals surface area (Å²) in [6.07, 6.45) is -2.49. The number of ether oxygens (including phenoxy) is 2. The molecule has 0 bridgehead atoms. The Bertz CT molecular complexity index is 1420. The molecule has 1 aromatic carbocycles. The average Bonchev–Trinajstić information content (AvgIpc) is 3.63. The Morgan fingerprint density at radius 2 is 1.81 bits per heavy atom. The molecular weight excluding hydrogens is 575 g/mol. The van der Waals surface area contributed by atoms with E-state index in [-0.39, 0.29) is 23.6 Å². The molecule has 5 rings (SSSR count). The van der Waals surface area contributed by atoms with E-state index in [4.69, 9.17) is 14.0 Å². The lowest BCUT2D eigenvalue weighted by Gasteiger charge is -2.42. The van der Waals surface area contributed by atoms with Crippen LogP contribution in [0.4, 0.5) is 18.0 Å². The number of likely N-dealkylation sites (tertiary alicyclic amines) is 1. The van der Waals surface area contributed by atoms with E-state index in [1.165, 1.54) is 6.20 Å². The summed E-state index contributed by atoms with van der Waals surface area (Å²) in [5.74, 6) is -4.00. The molecule has 2 aliphatic rings. The van der Waals surface area contributed by atoms with Crippen molar-refractivity contribution in [3.05, 3.63) is 53.3 Å². The molecule has 2 fully saturated rings. The molecule has 2 saturated heterocycles. The molecular formula is C28H34F3N5O7. The fourth-order valence-electron chi connectivity index (χ4n) is 5.44. The molecule has 0 saturated carbocycles. The number of aromatic nitrogens is 4. The van der Waals surface area contributed by atoms with E-state index in [1.807, 2.05) is 0 Å². The van der Waals surface area contributed by atoms with Crippen LogP contribution in [0.2, 0.25) is 0 Å². The second kappa shape index (κ2) is 12.2. The molecule has 15 heteroatoms. The van der Waals surface area contributed by atoms with E-state index < -0.39 is 66.2 Å². The predicted octanol–water partition coefficient (Wildman–Crippen LogP) is 2.73. The van der Waals surface area contributed by atoms with Crippen molar-refractivity contribution >= 4 is 6.09 Å². The molecule has 43 heavy (non-hydrogen) atoms. The summed E-state index contributed by atoms with van der Waals surface area (Å²) in [6.45, 7) is 5.79. The lowest BCUT2D eigenvalue weighted by molar-refractivity contribution is -0.205. The highest BCUT2D eigenvalue weighted by Gasteiger charge is 2.46. The second-order valence-electron chi connectivity index (χ2n) is 11.9. The van der Waals surface area contributed by atoms with Crippen molar-refractivity contribution in [2.45, 2.75) is 82.0 Å². The Kier molecular flexibility index (Phi) is 8.79. The van der Waals surface area contributed by atoms with Gasteiger partial charge in [-0.15, -0.1) is 5.10 Å². The third kappa shape index (κ3) is 6.69. The van der Waals surface area contributed by atoms with Crippen LogP contribution in [0.15, 0.2) is 28.9 Å². The van der Waals surface area contributed by atoms with Crippen LogP contribution in [0.1, 0.15) is 57.0 Å². The molecule has 1 amide bonds. The molecule has 3 aromatic rings. The van der Waals surface area contributed by atoms with Gasteiger partial charge in [0.15, 0.2) is 17.5 Å². The normalized spacial score (nSPS) is 26.5. The maximum Gasteiger partial charge on any atom is 0.410 e. The third-order valence-corrected chi connectivity index (χ3v) is 7.55. The SMILES string of the molecule is CC(C)(C)OC(=O)N1CCCC(c2cc(C[C@H]3O[C@H](CO)[C@H](O)[C@H](n4cc(-c5cc(F)c(F)c(F)c5)nn4)[C@H]3O)no2)C1. The Balaban J connectivity index is 1.30. The molecule has 234 valence electrons. The van der Waals surface area contributed by atoms with E-state index in [0.717, 1.165) is 29.7 Å². The van der Waals surface area contributed by atoms with Gasteiger partial charge in [0.2, 0.25) is 0 Å². The van der Waals surface area contributed by atoms with Gasteiger partial charge in [-0.25, -0.2) is 22.6 Å². The summed E-state index contributed by atoms with van der Waals surface area (Å²) in [5, 5.41) is 43.9. The number of hydrogen-bond acceptors (Lipinski definition) is 10. The fraction of sp³-hybridized carbons (Fsp3) is 0.571. The van der Waals surface area contributed by atoms with Crippen molar-refractivity contribution in [3.8, 4) is 11.3 Å². The van der Waals surface area contributed by atoms with Crippen LogP contribution in [0.25, 0.3) is 11.3 Å². The fourth-order valence-corrected chi connectivity index (χ4v) is 5.44. The zero-order chi connectivity index (χ0) is 31.1. The molecule has 2 aromatic heterocycles. The first-order valence-electron chi connectivity index (χ1n) is 14.0. The van der Waals surface area contributed by atoms with E-state index in [9.17, 15) is 33.3 Å². The zero-order valence-corrected chi connectivity index (χ0v) is 23.9. The second-order valence-corrected chi connectivity index (χ2v) is 11.9. The predicted molar refractivity (Wildman–Crippen MR) is 142 cm³/mol. The molecule has 0 radical (unpaired) electrons. The number of carbonyl (C=O) groups is 1. The van der Waals surface area contributed by atoms with Crippen LogP contribution in [0, 0.1) is 17.5 Å². The van der Waals surface area contributed by atoms with Gasteiger partial charge >= 0.3 is 6.09 Å². The van der Waals surface area contributed by atoms with E-state index >= 15 is 0 Å². The third-order valence-electron chi connectivity index (χ3n) is 7.55. The molecule has 12 nitrogen and oxygen atoms in total. The monoisotopic (exact) mass is 609 g/mol. The zero-order valence-electron chi connectivity index (χ0n) is 23.9. The highest BCUT2D eigenvalue weighted by molar-refractivity contribution is 5.68. The molecule has 1 unspecified atom stereocenters. The number of hydrogen-bond donors (Lipinski definition) is 3. The molecule has 2 aliphatic heterocycles. The number of amides is 1. The lowest BCUT2D eigenvalue weighted by Crippen LogP contribution is -2.56. The Morgan fingerprint density at radius 1 is 1.12 bits per heavy atom. The summed E-state index contributed by atoms with van der Waals surface area (Å²) in [4.78, 5) is 14.2. The number of halogens is 3. The first-order chi connectivity index (χ1) is 20.3. The molecule has 0 aliphatic carbocycles. The summed E-state index contributed by atoms with van der Waals surface area (Å²) < 4.78 is 59.0. The largest absolute Gasteiger partial charge is 0.444 e. The van der Waals surface area contributed by atoms with Crippen LogP contribution >= 0.6 is 0 Å². The molecule has 4 heterocycles. The van der Waals surface area contributed by atoms with E-state index in [0.29, 0.717) is 24.5 Å². The van der Waals surface area contributed by atoms with Crippen molar-refractivity contribution in [2.24, 2.45) is 0 Å². The molecule has 6 atom stereocenters. The number of aliphatic hydroxyl groups is 3. The van der Waals surface area contributed by atoms with Crippen molar-refractivity contribution in [2.75, 3.05) is 19.7 Å². The van der Waals surface area contributed by atoms with Crippen molar-refractivity contribution in [1.82, 2.24) is 25.1 Å². The van der Waals surface area contributed by atoms with Crippen molar-refractivity contribution in [1.29, 1.82) is 0 Å². The number of aliphatic hydroxyl groups excluding tert-OH is 3. The smallest absolute Gasteiger partial charge is 0.410 e. The van der Waals surface area contributed by atoms with E-state index in [2.05, 4.69) is 15.5 Å². The number of carbonyl (C=O) groups excluding carboxylic acids is 1. The van der Waals surface area contributed by atoms with Crippen LogP contribution in [0.3, 0.4) is 0 Å². The maximum atomic E-state index is 13.8. The average molecular weight is 610 g/mol. The van der Waals surface area contributed by atoms with Gasteiger partial charge in [-0.3, -0.25) is 0 Å². The van der Waals surface area contributed by atoms with Gasteiger partial charge in [-0.1, -0.05) is 10.4 Å². The lowest BCUT2D eigenvalue weighted by atomic mass is 9.90. The number of rotatable bonds is 6. The van der Waals surface area contributed by atoms with E-state index in [1.54, 1.807) is 31.7 Å². The minimum Gasteiger partial charge on any atom is -0.444 e. The quantitative estimate of drug-likeness (QED) is 0.355. The summed E-state index contributed by atoms with van der Waals surface area (Å²) >= 11 is 0. The van der Waals surface area contributed by atoms with Gasteiger partial charge in [-0.2, -0.15) is 0 Å². The van der Waals surface area contributed by atoms with Gasteiger partial charge in [0.1, 0.15) is 41.4 Å². The molecule has 3 N–H and O–H groups in total. The van der Waals surface area contributed by atoms with Crippen LogP contribution < -0.4 is 0 Å². The van der Waals surface area contributed by atoms with Gasteiger partial charge in [0, 0.05) is 37.1 Å². The topological polar surface area (TPSA) is 156 Å². The Morgan fingerprint density at radius 3 is 2.49 bits per heavy atom. The maximum absolute atomic E-state index is 13.8. The minimum absolute atomic E-state index is 0.0326. The Labute approximate surface area is 245 Å².